The number of hydrogen-bond donors (Lipinski definition) is 1. The van der Waals surface area contributed by atoms with Gasteiger partial charge >= 0.3 is 5.97 Å². The molecule has 0 aliphatic carbocycles. The number of rotatable bonds is 7. The average molecular weight is 362 g/mol. The second-order valence-electron chi connectivity index (χ2n) is 4.83. The van der Waals surface area contributed by atoms with Crippen molar-refractivity contribution in [1.82, 2.24) is 10.2 Å². The predicted molar refractivity (Wildman–Crippen MR) is 88.1 cm³/mol. The third kappa shape index (κ3) is 3.94. The first-order valence-corrected chi connectivity index (χ1v) is 8.09. The van der Waals surface area contributed by atoms with Crippen molar-refractivity contribution in [2.45, 2.75) is 11.0 Å². The van der Waals surface area contributed by atoms with E-state index in [-0.39, 0.29) is 5.76 Å². The number of benzene rings is 1. The second kappa shape index (κ2) is 7.31. The Morgan fingerprint density at radius 2 is 1.84 bits per heavy atom. The van der Waals surface area contributed by atoms with Crippen molar-refractivity contribution >= 4 is 17.7 Å². The van der Waals surface area contributed by atoms with E-state index < -0.39 is 5.97 Å². The van der Waals surface area contributed by atoms with Gasteiger partial charge in [0.1, 0.15) is 17.3 Å². The molecule has 2 aromatic heterocycles. The Balaban J connectivity index is 1.72. The third-order valence-corrected chi connectivity index (χ3v) is 4.06. The van der Waals surface area contributed by atoms with Crippen LogP contribution < -0.4 is 9.47 Å². The molecule has 0 radical (unpaired) electrons. The first-order chi connectivity index (χ1) is 12.1. The van der Waals surface area contributed by atoms with Gasteiger partial charge in [-0.2, -0.15) is 0 Å². The summed E-state index contributed by atoms with van der Waals surface area (Å²) in [5, 5.41) is 17.2. The van der Waals surface area contributed by atoms with Crippen LogP contribution in [-0.4, -0.2) is 35.5 Å². The lowest BCUT2D eigenvalue weighted by Crippen LogP contribution is -1.91. The molecule has 1 N–H and O–H groups in total. The summed E-state index contributed by atoms with van der Waals surface area (Å²) in [6.07, 6.45) is 0. The van der Waals surface area contributed by atoms with Gasteiger partial charge in [0, 0.05) is 11.6 Å². The number of thioether (sulfide) groups is 1. The lowest BCUT2D eigenvalue weighted by atomic mass is 10.2. The van der Waals surface area contributed by atoms with Gasteiger partial charge in [-0.1, -0.05) is 11.8 Å². The zero-order valence-corrected chi connectivity index (χ0v) is 14.2. The van der Waals surface area contributed by atoms with Crippen LogP contribution in [0.3, 0.4) is 0 Å². The molecule has 0 saturated heterocycles. The Labute approximate surface area is 146 Å². The molecule has 0 aliphatic heterocycles. The summed E-state index contributed by atoms with van der Waals surface area (Å²) >= 11 is 1.24. The van der Waals surface area contributed by atoms with Crippen molar-refractivity contribution in [3.05, 3.63) is 41.9 Å². The van der Waals surface area contributed by atoms with E-state index in [0.717, 1.165) is 0 Å². The minimum atomic E-state index is -1.11. The van der Waals surface area contributed by atoms with E-state index in [2.05, 4.69) is 10.2 Å². The molecule has 0 bridgehead atoms. The number of aromatic nitrogens is 2. The molecular formula is C16H14N2O6S. The maximum atomic E-state index is 10.8. The Hall–Kier alpha value is -2.94. The lowest BCUT2D eigenvalue weighted by Gasteiger charge is -2.05. The molecule has 8 nitrogen and oxygen atoms in total. The summed E-state index contributed by atoms with van der Waals surface area (Å²) < 4.78 is 21.2. The minimum absolute atomic E-state index is 0.106. The van der Waals surface area contributed by atoms with Gasteiger partial charge in [0.2, 0.25) is 11.7 Å². The summed E-state index contributed by atoms with van der Waals surface area (Å²) in [5.41, 5.74) is 0.668. The maximum Gasteiger partial charge on any atom is 0.371 e. The largest absolute Gasteiger partial charge is 0.497 e. The highest BCUT2D eigenvalue weighted by molar-refractivity contribution is 7.98. The predicted octanol–water partition coefficient (Wildman–Crippen LogP) is 3.34. The van der Waals surface area contributed by atoms with E-state index in [1.807, 2.05) is 0 Å². The summed E-state index contributed by atoms with van der Waals surface area (Å²) in [4.78, 5) is 10.8. The van der Waals surface area contributed by atoms with Gasteiger partial charge in [0.05, 0.1) is 20.0 Å². The molecule has 0 saturated carbocycles. The first kappa shape index (κ1) is 16.9. The zero-order chi connectivity index (χ0) is 17.8. The fraction of sp³-hybridized carbons (Fsp3) is 0.188. The van der Waals surface area contributed by atoms with E-state index in [1.54, 1.807) is 38.5 Å². The third-order valence-electron chi connectivity index (χ3n) is 3.22. The molecule has 0 unspecified atom stereocenters. The Morgan fingerprint density at radius 3 is 2.44 bits per heavy atom. The van der Waals surface area contributed by atoms with E-state index in [0.29, 0.717) is 39.7 Å². The van der Waals surface area contributed by atoms with Gasteiger partial charge in [-0.05, 0) is 24.3 Å². The summed E-state index contributed by atoms with van der Waals surface area (Å²) in [6, 6.07) is 8.26. The number of ether oxygens (including phenoxy) is 2. The smallest absolute Gasteiger partial charge is 0.371 e. The number of furan rings is 1. The van der Waals surface area contributed by atoms with Crippen molar-refractivity contribution in [2.75, 3.05) is 14.2 Å². The normalized spacial score (nSPS) is 10.6. The van der Waals surface area contributed by atoms with E-state index >= 15 is 0 Å². The van der Waals surface area contributed by atoms with Crippen LogP contribution in [0.1, 0.15) is 16.3 Å². The average Bonchev–Trinajstić information content (AvgIpc) is 3.28. The molecule has 9 heteroatoms. The van der Waals surface area contributed by atoms with Crippen LogP contribution in [0.15, 0.2) is 44.4 Å². The Morgan fingerprint density at radius 1 is 1.12 bits per heavy atom. The number of carboxylic acids is 1. The molecule has 130 valence electrons. The van der Waals surface area contributed by atoms with Gasteiger partial charge in [-0.15, -0.1) is 10.2 Å². The minimum Gasteiger partial charge on any atom is -0.497 e. The monoisotopic (exact) mass is 362 g/mol. The Kier molecular flexibility index (Phi) is 4.94. The highest BCUT2D eigenvalue weighted by atomic mass is 32.2. The van der Waals surface area contributed by atoms with Crippen LogP contribution in [0.2, 0.25) is 0 Å². The maximum absolute atomic E-state index is 10.8. The molecule has 3 rings (SSSR count). The SMILES string of the molecule is COc1cc(OC)cc(-c2nnc(SCc3ccc(C(=O)O)o3)o2)c1. The van der Waals surface area contributed by atoms with Crippen LogP contribution in [0, 0.1) is 0 Å². The van der Waals surface area contributed by atoms with Crippen molar-refractivity contribution in [3.63, 3.8) is 0 Å². The number of nitrogens with zero attached hydrogens (tertiary/aromatic N) is 2. The molecule has 2 heterocycles. The van der Waals surface area contributed by atoms with Crippen LogP contribution in [0.4, 0.5) is 0 Å². The highest BCUT2D eigenvalue weighted by Crippen LogP contribution is 2.31. The topological polar surface area (TPSA) is 108 Å². The van der Waals surface area contributed by atoms with Gasteiger partial charge < -0.3 is 23.4 Å². The molecule has 0 aliphatic rings. The van der Waals surface area contributed by atoms with Crippen molar-refractivity contribution < 1.29 is 28.2 Å². The molecule has 0 atom stereocenters. The number of hydrogen-bond acceptors (Lipinski definition) is 8. The van der Waals surface area contributed by atoms with Crippen LogP contribution in [-0.2, 0) is 5.75 Å². The summed E-state index contributed by atoms with van der Waals surface area (Å²) in [6.45, 7) is 0. The van der Waals surface area contributed by atoms with Gasteiger partial charge in [0.15, 0.2) is 0 Å². The van der Waals surface area contributed by atoms with Crippen molar-refractivity contribution in [1.29, 1.82) is 0 Å². The van der Waals surface area contributed by atoms with Crippen molar-refractivity contribution in [3.8, 4) is 23.0 Å². The highest BCUT2D eigenvalue weighted by Gasteiger charge is 2.14. The summed E-state index contributed by atoms with van der Waals surface area (Å²) in [5.74, 6) is 1.21. The number of aromatic carboxylic acids is 1. The molecule has 0 spiro atoms. The number of methoxy groups -OCH3 is 2. The van der Waals surface area contributed by atoms with Crippen LogP contribution in [0.5, 0.6) is 11.5 Å². The fourth-order valence-corrected chi connectivity index (χ4v) is 2.68. The Bertz CT molecular complexity index is 866. The number of carbonyl (C=O) groups is 1. The van der Waals surface area contributed by atoms with Gasteiger partial charge in [-0.25, -0.2) is 4.79 Å². The second-order valence-corrected chi connectivity index (χ2v) is 5.76. The van der Waals surface area contributed by atoms with Gasteiger partial charge in [-0.3, -0.25) is 0 Å². The lowest BCUT2D eigenvalue weighted by molar-refractivity contribution is 0.0661. The van der Waals surface area contributed by atoms with E-state index in [4.69, 9.17) is 23.4 Å². The molecule has 3 aromatic rings. The molecule has 0 amide bonds. The van der Waals surface area contributed by atoms with E-state index in [1.165, 1.54) is 17.8 Å². The van der Waals surface area contributed by atoms with Crippen molar-refractivity contribution in [2.24, 2.45) is 0 Å². The zero-order valence-electron chi connectivity index (χ0n) is 13.4. The standard InChI is InChI=1S/C16H14N2O6S/c1-21-11-5-9(6-12(7-11)22-2)14-17-18-16(24-14)25-8-10-3-4-13(23-10)15(19)20/h3-7H,8H2,1-2H3,(H,19,20). The van der Waals surface area contributed by atoms with Crippen LogP contribution in [0.25, 0.3) is 11.5 Å². The van der Waals surface area contributed by atoms with Gasteiger partial charge in [0.25, 0.3) is 5.22 Å². The summed E-state index contributed by atoms with van der Waals surface area (Å²) in [7, 11) is 3.12. The van der Waals surface area contributed by atoms with Crippen LogP contribution >= 0.6 is 11.8 Å². The molecule has 25 heavy (non-hydrogen) atoms. The molecule has 0 fully saturated rings. The first-order valence-electron chi connectivity index (χ1n) is 7.11. The fourth-order valence-electron chi connectivity index (χ4n) is 2.02. The molecular weight excluding hydrogens is 348 g/mol. The quantitative estimate of drug-likeness (QED) is 0.633. The van der Waals surface area contributed by atoms with E-state index in [9.17, 15) is 4.79 Å². The number of carboxylic acid groups (broad SMARTS) is 1. The molecule has 1 aromatic carbocycles.